The molecule has 0 unspecified atom stereocenters. The van der Waals surface area contributed by atoms with Gasteiger partial charge in [0.15, 0.2) is 5.13 Å². The predicted molar refractivity (Wildman–Crippen MR) is 157 cm³/mol. The van der Waals surface area contributed by atoms with Crippen molar-refractivity contribution in [2.45, 2.75) is 45.4 Å². The van der Waals surface area contributed by atoms with E-state index < -0.39 is 10.0 Å². The number of sulfonamides is 1. The van der Waals surface area contributed by atoms with Crippen molar-refractivity contribution in [3.8, 4) is 0 Å². The minimum Gasteiger partial charge on any atom is -0.302 e. The fraction of sp³-hybridized carbons (Fsp3) is 0.462. The van der Waals surface area contributed by atoms with Crippen LogP contribution in [0.1, 0.15) is 50.9 Å². The van der Waals surface area contributed by atoms with E-state index >= 15 is 0 Å². The Kier molecular flexibility index (Phi) is 12.3. The number of hydrogen-bond acceptors (Lipinski definition) is 6. The molecule has 0 aliphatic heterocycles. The zero-order valence-corrected chi connectivity index (χ0v) is 25.0. The Balaban J connectivity index is 0.00000481. The first-order chi connectivity index (χ1) is 17.2. The Labute approximate surface area is 235 Å². The molecule has 3 aromatic rings. The number of likely N-dealkylation sites (N-methyl/N-ethyl adjacent to an activating group) is 1. The van der Waals surface area contributed by atoms with Crippen LogP contribution in [0.3, 0.4) is 0 Å². The van der Waals surface area contributed by atoms with E-state index in [1.54, 1.807) is 23.1 Å². The van der Waals surface area contributed by atoms with Gasteiger partial charge in [-0.25, -0.2) is 13.4 Å². The van der Waals surface area contributed by atoms with Gasteiger partial charge in [-0.2, -0.15) is 4.31 Å². The van der Waals surface area contributed by atoms with Gasteiger partial charge in [-0.3, -0.25) is 9.69 Å². The van der Waals surface area contributed by atoms with Crippen molar-refractivity contribution in [3.05, 3.63) is 53.1 Å². The van der Waals surface area contributed by atoms with Gasteiger partial charge in [-0.05, 0) is 68.4 Å². The lowest BCUT2D eigenvalue weighted by Gasteiger charge is -2.25. The van der Waals surface area contributed by atoms with Crippen LogP contribution in [0, 0.1) is 0 Å². The Morgan fingerprint density at radius 3 is 2.11 bits per heavy atom. The van der Waals surface area contributed by atoms with Crippen molar-refractivity contribution in [2.24, 2.45) is 0 Å². The van der Waals surface area contributed by atoms with Gasteiger partial charge in [0.05, 0.1) is 15.1 Å². The molecule has 0 radical (unpaired) electrons. The van der Waals surface area contributed by atoms with Crippen molar-refractivity contribution in [2.75, 3.05) is 44.2 Å². The summed E-state index contributed by atoms with van der Waals surface area (Å²) in [6.07, 6.45) is 1.48. The van der Waals surface area contributed by atoms with Gasteiger partial charge in [-0.15, -0.1) is 12.4 Å². The third-order valence-electron chi connectivity index (χ3n) is 6.03. The minimum absolute atomic E-state index is 0. The lowest BCUT2D eigenvalue weighted by molar-refractivity contribution is 0.0983. The summed E-state index contributed by atoms with van der Waals surface area (Å²) in [5, 5.41) is 1.22. The molecule has 0 spiro atoms. The first-order valence-corrected chi connectivity index (χ1v) is 15.1. The van der Waals surface area contributed by atoms with E-state index in [0.717, 1.165) is 36.1 Å². The molecule has 0 fully saturated rings. The number of benzene rings is 2. The normalized spacial score (nSPS) is 11.8. The van der Waals surface area contributed by atoms with Gasteiger partial charge in [0.1, 0.15) is 0 Å². The van der Waals surface area contributed by atoms with E-state index in [1.807, 2.05) is 26.0 Å². The summed E-state index contributed by atoms with van der Waals surface area (Å²) in [6.45, 7) is 12.0. The maximum Gasteiger partial charge on any atom is 0.260 e. The average molecular weight is 588 g/mol. The molecule has 1 heterocycles. The first kappa shape index (κ1) is 31.5. The molecule has 3 rings (SSSR count). The molecule has 0 aliphatic rings. The highest BCUT2D eigenvalue weighted by Crippen LogP contribution is 2.31. The van der Waals surface area contributed by atoms with Gasteiger partial charge < -0.3 is 4.90 Å². The maximum atomic E-state index is 13.7. The Hall–Kier alpha value is -1.75. The van der Waals surface area contributed by atoms with Crippen LogP contribution in [0.2, 0.25) is 5.02 Å². The van der Waals surface area contributed by atoms with Crippen LogP contribution in [-0.4, -0.2) is 67.8 Å². The quantitative estimate of drug-likeness (QED) is 0.239. The van der Waals surface area contributed by atoms with Crippen LogP contribution in [0.4, 0.5) is 5.13 Å². The molecule has 0 saturated heterocycles. The van der Waals surface area contributed by atoms with Crippen molar-refractivity contribution >= 4 is 66.6 Å². The number of anilines is 1. The van der Waals surface area contributed by atoms with E-state index in [4.69, 9.17) is 16.6 Å². The zero-order valence-electron chi connectivity index (χ0n) is 21.8. The summed E-state index contributed by atoms with van der Waals surface area (Å²) in [4.78, 5) is 22.5. The number of fused-ring (bicyclic) bond motifs is 1. The van der Waals surface area contributed by atoms with Crippen LogP contribution in [0.5, 0.6) is 0 Å². The number of rotatable bonds is 13. The molecule has 0 bridgehead atoms. The van der Waals surface area contributed by atoms with Gasteiger partial charge in [-0.1, -0.05) is 50.6 Å². The monoisotopic (exact) mass is 586 g/mol. The smallest absolute Gasteiger partial charge is 0.260 e. The zero-order chi connectivity index (χ0) is 26.3. The molecular weight excluding hydrogens is 551 g/mol. The highest BCUT2D eigenvalue weighted by Gasteiger charge is 2.25. The summed E-state index contributed by atoms with van der Waals surface area (Å²) in [6, 6.07) is 11.7. The van der Waals surface area contributed by atoms with Gasteiger partial charge in [0.25, 0.3) is 5.91 Å². The third kappa shape index (κ3) is 7.65. The van der Waals surface area contributed by atoms with Gasteiger partial charge >= 0.3 is 0 Å². The number of halogens is 2. The molecule has 0 aliphatic carbocycles. The Morgan fingerprint density at radius 2 is 1.54 bits per heavy atom. The van der Waals surface area contributed by atoms with Crippen molar-refractivity contribution in [1.82, 2.24) is 14.2 Å². The van der Waals surface area contributed by atoms with Crippen LogP contribution in [-0.2, 0) is 10.0 Å². The van der Waals surface area contributed by atoms with Crippen LogP contribution in [0.15, 0.2) is 47.4 Å². The largest absolute Gasteiger partial charge is 0.302 e. The standard InChI is InChI=1S/C26H35ClN4O3S2.ClH/c1-5-15-30(16-6-2)36(33,34)22-12-9-20(10-13-22)25(32)31(18-17-29(7-3)8-4)26-28-23-14-11-21(27)19-24(23)35-26;/h9-14,19H,5-8,15-18H2,1-4H3;1H. The fourth-order valence-corrected chi connectivity index (χ4v) is 6.88. The highest BCUT2D eigenvalue weighted by molar-refractivity contribution is 7.89. The first-order valence-electron chi connectivity index (χ1n) is 12.5. The summed E-state index contributed by atoms with van der Waals surface area (Å²) in [5.74, 6) is -0.213. The molecule has 204 valence electrons. The molecule has 1 amide bonds. The highest BCUT2D eigenvalue weighted by atomic mass is 35.5. The number of carbonyl (C=O) groups is 1. The van der Waals surface area contributed by atoms with E-state index in [9.17, 15) is 13.2 Å². The maximum absolute atomic E-state index is 13.7. The molecule has 1 aromatic heterocycles. The SMILES string of the molecule is CCCN(CCC)S(=O)(=O)c1ccc(C(=O)N(CCN(CC)CC)c2nc3ccc(Cl)cc3s2)cc1.Cl. The van der Waals surface area contributed by atoms with E-state index in [1.165, 1.54) is 27.8 Å². The summed E-state index contributed by atoms with van der Waals surface area (Å²) in [7, 11) is -3.61. The predicted octanol–water partition coefficient (Wildman–Crippen LogP) is 6.17. The lowest BCUT2D eigenvalue weighted by atomic mass is 10.2. The number of nitrogens with zero attached hydrogens (tertiary/aromatic N) is 4. The van der Waals surface area contributed by atoms with Crippen molar-refractivity contribution < 1.29 is 13.2 Å². The molecule has 2 aromatic carbocycles. The number of aromatic nitrogens is 1. The van der Waals surface area contributed by atoms with Crippen LogP contribution < -0.4 is 4.90 Å². The fourth-order valence-electron chi connectivity index (χ4n) is 3.99. The Morgan fingerprint density at radius 1 is 0.919 bits per heavy atom. The van der Waals surface area contributed by atoms with Crippen LogP contribution in [0.25, 0.3) is 10.2 Å². The number of hydrogen-bond donors (Lipinski definition) is 0. The summed E-state index contributed by atoms with van der Waals surface area (Å²) < 4.78 is 28.7. The molecular formula is C26H36Cl2N4O3S2. The molecule has 0 atom stereocenters. The summed E-state index contributed by atoms with van der Waals surface area (Å²) in [5.41, 5.74) is 1.21. The topological polar surface area (TPSA) is 73.8 Å². The van der Waals surface area contributed by atoms with Crippen LogP contribution >= 0.6 is 35.3 Å². The van der Waals surface area contributed by atoms with E-state index in [-0.39, 0.29) is 23.2 Å². The second kappa shape index (κ2) is 14.4. The van der Waals surface area contributed by atoms with Gasteiger partial charge in [0, 0.05) is 36.8 Å². The number of thiazole rings is 1. The Bertz CT molecular complexity index is 1260. The second-order valence-electron chi connectivity index (χ2n) is 8.52. The third-order valence-corrected chi connectivity index (χ3v) is 9.22. The molecule has 0 saturated carbocycles. The van der Waals surface area contributed by atoms with E-state index in [0.29, 0.717) is 41.9 Å². The molecule has 0 N–H and O–H groups in total. The number of amides is 1. The molecule has 7 nitrogen and oxygen atoms in total. The molecule has 37 heavy (non-hydrogen) atoms. The lowest BCUT2D eigenvalue weighted by Crippen LogP contribution is -2.39. The van der Waals surface area contributed by atoms with Crippen molar-refractivity contribution in [1.29, 1.82) is 0 Å². The van der Waals surface area contributed by atoms with Gasteiger partial charge in [0.2, 0.25) is 10.0 Å². The average Bonchev–Trinajstić information content (AvgIpc) is 3.29. The second-order valence-corrected chi connectivity index (χ2v) is 11.9. The minimum atomic E-state index is -3.61. The molecule has 11 heteroatoms. The van der Waals surface area contributed by atoms with Crippen molar-refractivity contribution in [3.63, 3.8) is 0 Å². The van der Waals surface area contributed by atoms with E-state index in [2.05, 4.69) is 18.7 Å². The summed E-state index contributed by atoms with van der Waals surface area (Å²) >= 11 is 7.58. The number of carbonyl (C=O) groups excluding carboxylic acids is 1.